The summed E-state index contributed by atoms with van der Waals surface area (Å²) < 4.78 is 7.55. The average molecular weight is 274 g/mol. The highest BCUT2D eigenvalue weighted by molar-refractivity contribution is 9.10. The molecule has 5 nitrogen and oxygen atoms in total. The number of rotatable bonds is 1. The molecule has 6 heteroatoms. The molecule has 1 aromatic rings. The van der Waals surface area contributed by atoms with Crippen molar-refractivity contribution in [3.63, 3.8) is 0 Å². The molecule has 1 aliphatic rings. The van der Waals surface area contributed by atoms with Crippen molar-refractivity contribution in [3.8, 4) is 0 Å². The summed E-state index contributed by atoms with van der Waals surface area (Å²) in [6.45, 7) is 2.54. The van der Waals surface area contributed by atoms with Crippen molar-refractivity contribution in [3.05, 3.63) is 16.4 Å². The highest BCUT2D eigenvalue weighted by Crippen LogP contribution is 2.17. The molecule has 1 fully saturated rings. The van der Waals surface area contributed by atoms with Gasteiger partial charge >= 0.3 is 0 Å². The predicted octanol–water partition coefficient (Wildman–Crippen LogP) is 0.655. The van der Waals surface area contributed by atoms with Crippen LogP contribution in [0.3, 0.4) is 0 Å². The standard InChI is InChI=1S/C9H12BrN3O2/c1-12-8(10)7(6-11-12)9(14)13-2-4-15-5-3-13/h6H,2-5H2,1H3. The van der Waals surface area contributed by atoms with Crippen LogP contribution in [0.5, 0.6) is 0 Å². The number of carbonyl (C=O) groups excluding carboxylic acids is 1. The molecule has 0 radical (unpaired) electrons. The van der Waals surface area contributed by atoms with Gasteiger partial charge in [0, 0.05) is 20.1 Å². The lowest BCUT2D eigenvalue weighted by Crippen LogP contribution is -2.40. The number of hydrogen-bond donors (Lipinski definition) is 0. The molecule has 1 aromatic heterocycles. The summed E-state index contributed by atoms with van der Waals surface area (Å²) in [5, 5.41) is 4.02. The second kappa shape index (κ2) is 4.32. The van der Waals surface area contributed by atoms with Crippen molar-refractivity contribution >= 4 is 21.8 Å². The Morgan fingerprint density at radius 3 is 2.73 bits per heavy atom. The van der Waals surface area contributed by atoms with E-state index in [0.717, 1.165) is 4.60 Å². The van der Waals surface area contributed by atoms with Crippen molar-refractivity contribution < 1.29 is 9.53 Å². The molecular formula is C9H12BrN3O2. The van der Waals surface area contributed by atoms with Gasteiger partial charge in [-0.1, -0.05) is 0 Å². The average Bonchev–Trinajstić information content (AvgIpc) is 2.60. The summed E-state index contributed by atoms with van der Waals surface area (Å²) in [6, 6.07) is 0. The number of aryl methyl sites for hydroxylation is 1. The highest BCUT2D eigenvalue weighted by atomic mass is 79.9. The molecule has 82 valence electrons. The molecule has 1 aliphatic heterocycles. The van der Waals surface area contributed by atoms with Crippen LogP contribution in [0.15, 0.2) is 10.8 Å². The van der Waals surface area contributed by atoms with Gasteiger partial charge in [-0.25, -0.2) is 0 Å². The third-order valence-corrected chi connectivity index (χ3v) is 3.34. The van der Waals surface area contributed by atoms with E-state index in [1.165, 1.54) is 0 Å². The number of carbonyl (C=O) groups is 1. The second-order valence-electron chi connectivity index (χ2n) is 3.38. The van der Waals surface area contributed by atoms with Crippen LogP contribution in [-0.2, 0) is 11.8 Å². The molecule has 0 unspecified atom stereocenters. The van der Waals surface area contributed by atoms with Gasteiger partial charge in [-0.2, -0.15) is 5.10 Å². The minimum atomic E-state index is 0.0123. The Bertz CT molecular complexity index is 371. The Kier molecular flexibility index (Phi) is 3.06. The topological polar surface area (TPSA) is 47.4 Å². The minimum Gasteiger partial charge on any atom is -0.378 e. The van der Waals surface area contributed by atoms with Gasteiger partial charge in [0.25, 0.3) is 5.91 Å². The van der Waals surface area contributed by atoms with Crippen LogP contribution in [0.2, 0.25) is 0 Å². The summed E-state index contributed by atoms with van der Waals surface area (Å²) in [4.78, 5) is 13.8. The molecule has 2 rings (SSSR count). The zero-order valence-electron chi connectivity index (χ0n) is 8.44. The van der Waals surface area contributed by atoms with E-state index in [1.807, 2.05) is 0 Å². The molecule has 0 aromatic carbocycles. The van der Waals surface area contributed by atoms with Gasteiger partial charge in [0.05, 0.1) is 25.0 Å². The number of ether oxygens (including phenoxy) is 1. The number of amides is 1. The van der Waals surface area contributed by atoms with E-state index >= 15 is 0 Å². The zero-order chi connectivity index (χ0) is 10.8. The molecule has 0 saturated carbocycles. The lowest BCUT2D eigenvalue weighted by molar-refractivity contribution is 0.0302. The summed E-state index contributed by atoms with van der Waals surface area (Å²) in [5.41, 5.74) is 0.611. The normalized spacial score (nSPS) is 16.8. The maximum Gasteiger partial charge on any atom is 0.258 e. The molecule has 0 N–H and O–H groups in total. The summed E-state index contributed by atoms with van der Waals surface area (Å²) >= 11 is 3.34. The summed E-state index contributed by atoms with van der Waals surface area (Å²) in [7, 11) is 1.79. The van der Waals surface area contributed by atoms with Crippen molar-refractivity contribution in [2.45, 2.75) is 0 Å². The first-order valence-corrected chi connectivity index (χ1v) is 5.54. The number of hydrogen-bond acceptors (Lipinski definition) is 3. The van der Waals surface area contributed by atoms with Gasteiger partial charge in [0.1, 0.15) is 4.60 Å². The van der Waals surface area contributed by atoms with Crippen molar-refractivity contribution in [2.24, 2.45) is 7.05 Å². The van der Waals surface area contributed by atoms with E-state index in [4.69, 9.17) is 4.74 Å². The largest absolute Gasteiger partial charge is 0.378 e. The van der Waals surface area contributed by atoms with Crippen LogP contribution in [0.4, 0.5) is 0 Å². The second-order valence-corrected chi connectivity index (χ2v) is 4.13. The molecule has 2 heterocycles. The van der Waals surface area contributed by atoms with E-state index in [9.17, 15) is 4.79 Å². The maximum absolute atomic E-state index is 12.0. The maximum atomic E-state index is 12.0. The quantitative estimate of drug-likeness (QED) is 0.755. The Morgan fingerprint density at radius 1 is 1.53 bits per heavy atom. The van der Waals surface area contributed by atoms with Gasteiger partial charge in [-0.05, 0) is 15.9 Å². The number of halogens is 1. The Hall–Kier alpha value is -0.880. The van der Waals surface area contributed by atoms with Crippen molar-refractivity contribution in [2.75, 3.05) is 26.3 Å². The Morgan fingerprint density at radius 2 is 2.20 bits per heavy atom. The first-order valence-electron chi connectivity index (χ1n) is 4.74. The smallest absolute Gasteiger partial charge is 0.258 e. The minimum absolute atomic E-state index is 0.0123. The fraction of sp³-hybridized carbons (Fsp3) is 0.556. The Labute approximate surface area is 96.1 Å². The summed E-state index contributed by atoms with van der Waals surface area (Å²) in [6.07, 6.45) is 1.59. The molecule has 0 spiro atoms. The van der Waals surface area contributed by atoms with Gasteiger partial charge < -0.3 is 9.64 Å². The van der Waals surface area contributed by atoms with E-state index < -0.39 is 0 Å². The van der Waals surface area contributed by atoms with Gasteiger partial charge in [-0.3, -0.25) is 9.48 Å². The van der Waals surface area contributed by atoms with Gasteiger partial charge in [0.15, 0.2) is 0 Å². The van der Waals surface area contributed by atoms with Crippen LogP contribution in [0, 0.1) is 0 Å². The number of morpholine rings is 1. The van der Waals surface area contributed by atoms with E-state index in [1.54, 1.807) is 22.8 Å². The van der Waals surface area contributed by atoms with Crippen LogP contribution >= 0.6 is 15.9 Å². The Balaban J connectivity index is 2.16. The number of nitrogens with zero attached hydrogens (tertiary/aromatic N) is 3. The molecule has 1 amide bonds. The SMILES string of the molecule is Cn1ncc(C(=O)N2CCOCC2)c1Br. The highest BCUT2D eigenvalue weighted by Gasteiger charge is 2.22. The molecule has 0 atom stereocenters. The summed E-state index contributed by atoms with van der Waals surface area (Å²) in [5.74, 6) is 0.0123. The van der Waals surface area contributed by atoms with Crippen LogP contribution in [0.25, 0.3) is 0 Å². The van der Waals surface area contributed by atoms with Crippen LogP contribution in [0.1, 0.15) is 10.4 Å². The van der Waals surface area contributed by atoms with E-state index in [2.05, 4.69) is 21.0 Å². The van der Waals surface area contributed by atoms with Crippen molar-refractivity contribution in [1.82, 2.24) is 14.7 Å². The third kappa shape index (κ3) is 2.05. The van der Waals surface area contributed by atoms with Crippen LogP contribution < -0.4 is 0 Å². The first kappa shape index (κ1) is 10.6. The molecule has 0 bridgehead atoms. The fourth-order valence-corrected chi connectivity index (χ4v) is 1.87. The predicted molar refractivity (Wildman–Crippen MR) is 57.6 cm³/mol. The monoisotopic (exact) mass is 273 g/mol. The molecule has 0 aliphatic carbocycles. The van der Waals surface area contributed by atoms with E-state index in [0.29, 0.717) is 31.9 Å². The van der Waals surface area contributed by atoms with Gasteiger partial charge in [0.2, 0.25) is 0 Å². The molecule has 1 saturated heterocycles. The van der Waals surface area contributed by atoms with Gasteiger partial charge in [-0.15, -0.1) is 0 Å². The zero-order valence-corrected chi connectivity index (χ0v) is 10.0. The lowest BCUT2D eigenvalue weighted by atomic mass is 10.3. The molecular weight excluding hydrogens is 262 g/mol. The van der Waals surface area contributed by atoms with E-state index in [-0.39, 0.29) is 5.91 Å². The third-order valence-electron chi connectivity index (χ3n) is 2.40. The molecule has 15 heavy (non-hydrogen) atoms. The fourth-order valence-electron chi connectivity index (χ4n) is 1.50. The van der Waals surface area contributed by atoms with Crippen LogP contribution in [-0.4, -0.2) is 46.9 Å². The van der Waals surface area contributed by atoms with Crippen molar-refractivity contribution in [1.29, 1.82) is 0 Å². The first-order chi connectivity index (χ1) is 7.20. The lowest BCUT2D eigenvalue weighted by Gasteiger charge is -2.26. The number of aromatic nitrogens is 2.